The van der Waals surface area contributed by atoms with E-state index in [0.29, 0.717) is 10.6 Å². The summed E-state index contributed by atoms with van der Waals surface area (Å²) in [5.74, 6) is -0.192. The van der Waals surface area contributed by atoms with Crippen LogP contribution in [0.2, 0.25) is 0 Å². The van der Waals surface area contributed by atoms with Crippen LogP contribution in [0.4, 0.5) is 5.69 Å². The van der Waals surface area contributed by atoms with Crippen molar-refractivity contribution in [3.63, 3.8) is 0 Å². The third kappa shape index (κ3) is 2.77. The number of thiophene rings is 1. The van der Waals surface area contributed by atoms with E-state index in [1.54, 1.807) is 35.6 Å². The fourth-order valence-electron chi connectivity index (χ4n) is 2.32. The average Bonchev–Trinajstić information content (AvgIpc) is 3.23. The van der Waals surface area contributed by atoms with Crippen molar-refractivity contribution in [2.75, 3.05) is 5.32 Å². The van der Waals surface area contributed by atoms with Gasteiger partial charge >= 0.3 is 0 Å². The number of rotatable bonds is 3. The number of anilines is 1. The monoisotopic (exact) mass is 352 g/mol. The molecule has 4 rings (SSSR count). The van der Waals surface area contributed by atoms with Gasteiger partial charge in [-0.3, -0.25) is 4.79 Å². The molecule has 2 heterocycles. The number of fused-ring (bicyclic) bond motifs is 1. The number of benzene rings is 2. The van der Waals surface area contributed by atoms with Crippen molar-refractivity contribution in [3.8, 4) is 15.6 Å². The second-order valence-corrected chi connectivity index (χ2v) is 7.24. The van der Waals surface area contributed by atoms with E-state index in [4.69, 9.17) is 0 Å². The van der Waals surface area contributed by atoms with Crippen LogP contribution in [0.1, 0.15) is 9.67 Å². The van der Waals surface area contributed by atoms with Crippen LogP contribution in [0.25, 0.3) is 20.1 Å². The van der Waals surface area contributed by atoms with Crippen molar-refractivity contribution >= 4 is 44.5 Å². The van der Waals surface area contributed by atoms with E-state index in [2.05, 4.69) is 10.3 Å². The zero-order chi connectivity index (χ0) is 16.5. The van der Waals surface area contributed by atoms with Crippen LogP contribution < -0.4 is 5.32 Å². The molecule has 1 amide bonds. The van der Waals surface area contributed by atoms with Gasteiger partial charge in [0.15, 0.2) is 0 Å². The Bertz CT molecular complexity index is 1000. The van der Waals surface area contributed by atoms with E-state index in [1.165, 1.54) is 17.4 Å². The first-order valence-corrected chi connectivity index (χ1v) is 8.89. The zero-order valence-corrected chi connectivity index (χ0v) is 14.0. The molecule has 24 heavy (non-hydrogen) atoms. The lowest BCUT2D eigenvalue weighted by Crippen LogP contribution is -2.09. The summed E-state index contributed by atoms with van der Waals surface area (Å²) in [7, 11) is 0. The Labute approximate surface area is 146 Å². The molecule has 4 aromatic rings. The van der Waals surface area contributed by atoms with Crippen molar-refractivity contribution in [1.82, 2.24) is 4.98 Å². The molecule has 0 bridgehead atoms. The largest absolute Gasteiger partial charge is 0.506 e. The Kier molecular flexibility index (Phi) is 3.76. The average molecular weight is 352 g/mol. The van der Waals surface area contributed by atoms with Crippen molar-refractivity contribution < 1.29 is 9.90 Å². The van der Waals surface area contributed by atoms with E-state index in [-0.39, 0.29) is 11.7 Å². The first-order chi connectivity index (χ1) is 11.7. The number of aromatic hydroxyl groups is 1. The quantitative estimate of drug-likeness (QED) is 0.511. The molecule has 2 aromatic heterocycles. The van der Waals surface area contributed by atoms with Gasteiger partial charge in [0.1, 0.15) is 10.8 Å². The number of phenols is 1. The van der Waals surface area contributed by atoms with Gasteiger partial charge in [-0.05, 0) is 36.4 Å². The Balaban J connectivity index is 1.60. The molecule has 0 aliphatic carbocycles. The van der Waals surface area contributed by atoms with Crippen LogP contribution >= 0.6 is 22.7 Å². The lowest BCUT2D eigenvalue weighted by Gasteiger charge is -2.05. The summed E-state index contributed by atoms with van der Waals surface area (Å²) in [6.07, 6.45) is 0. The Morgan fingerprint density at radius 1 is 0.958 bits per heavy atom. The van der Waals surface area contributed by atoms with Crippen molar-refractivity contribution in [3.05, 3.63) is 65.5 Å². The molecular weight excluding hydrogens is 340 g/mol. The number of para-hydroxylation sites is 3. The minimum Gasteiger partial charge on any atom is -0.506 e. The van der Waals surface area contributed by atoms with E-state index < -0.39 is 0 Å². The maximum atomic E-state index is 12.4. The number of aromatic nitrogens is 1. The van der Waals surface area contributed by atoms with Gasteiger partial charge in [0.05, 0.1) is 25.7 Å². The van der Waals surface area contributed by atoms with Gasteiger partial charge in [0, 0.05) is 0 Å². The van der Waals surface area contributed by atoms with Gasteiger partial charge in [-0.25, -0.2) is 4.98 Å². The molecule has 0 aliphatic heterocycles. The highest BCUT2D eigenvalue weighted by atomic mass is 32.1. The number of nitrogens with one attached hydrogen (secondary N) is 1. The molecule has 0 aliphatic rings. The number of carbonyl (C=O) groups is 1. The molecule has 0 spiro atoms. The first-order valence-electron chi connectivity index (χ1n) is 7.26. The minimum absolute atomic E-state index is 0.0498. The van der Waals surface area contributed by atoms with Crippen LogP contribution in [0.15, 0.2) is 60.7 Å². The molecule has 0 atom stereocenters. The number of thiazole rings is 1. The molecular formula is C18H12N2O2S2. The molecule has 118 valence electrons. The number of carbonyl (C=O) groups excluding carboxylic acids is 1. The molecule has 2 aromatic carbocycles. The van der Waals surface area contributed by atoms with Crippen molar-refractivity contribution in [2.45, 2.75) is 0 Å². The van der Waals surface area contributed by atoms with Gasteiger partial charge in [-0.2, -0.15) is 0 Å². The summed E-state index contributed by atoms with van der Waals surface area (Å²) >= 11 is 3.00. The molecule has 0 saturated heterocycles. The lowest BCUT2D eigenvalue weighted by molar-refractivity contribution is 0.103. The topological polar surface area (TPSA) is 62.2 Å². The highest BCUT2D eigenvalue weighted by Gasteiger charge is 2.14. The van der Waals surface area contributed by atoms with Gasteiger partial charge < -0.3 is 10.4 Å². The van der Waals surface area contributed by atoms with Gasteiger partial charge in [-0.1, -0.05) is 24.3 Å². The Hall–Kier alpha value is -2.70. The second kappa shape index (κ2) is 6.07. The number of phenolic OH excluding ortho intramolecular Hbond substituents is 1. The van der Waals surface area contributed by atoms with Crippen LogP contribution in [-0.4, -0.2) is 16.0 Å². The molecule has 0 unspecified atom stereocenters. The second-order valence-electron chi connectivity index (χ2n) is 5.12. The highest BCUT2D eigenvalue weighted by Crippen LogP contribution is 2.34. The summed E-state index contributed by atoms with van der Waals surface area (Å²) in [6.45, 7) is 0. The third-order valence-electron chi connectivity index (χ3n) is 3.49. The van der Waals surface area contributed by atoms with Crippen LogP contribution in [0, 0.1) is 0 Å². The first kappa shape index (κ1) is 14.9. The molecule has 0 fully saturated rings. The number of amides is 1. The molecule has 2 N–H and O–H groups in total. The third-order valence-corrected chi connectivity index (χ3v) is 5.78. The van der Waals surface area contributed by atoms with Crippen LogP contribution in [-0.2, 0) is 0 Å². The summed E-state index contributed by atoms with van der Waals surface area (Å²) in [6, 6.07) is 18.3. The SMILES string of the molecule is O=C(Nc1ccccc1O)c1ccc(-c2nc3ccccc3s2)s1. The summed E-state index contributed by atoms with van der Waals surface area (Å²) in [5, 5.41) is 13.4. The predicted molar refractivity (Wildman–Crippen MR) is 99.0 cm³/mol. The van der Waals surface area contributed by atoms with E-state index >= 15 is 0 Å². The molecule has 0 saturated carbocycles. The molecule has 4 nitrogen and oxygen atoms in total. The Morgan fingerprint density at radius 3 is 2.58 bits per heavy atom. The zero-order valence-electron chi connectivity index (χ0n) is 12.4. The normalized spacial score (nSPS) is 10.8. The fraction of sp³-hybridized carbons (Fsp3) is 0. The summed E-state index contributed by atoms with van der Waals surface area (Å²) in [5.41, 5.74) is 1.36. The smallest absolute Gasteiger partial charge is 0.265 e. The molecule has 6 heteroatoms. The fourth-order valence-corrected chi connectivity index (χ4v) is 4.24. The molecule has 0 radical (unpaired) electrons. The van der Waals surface area contributed by atoms with Crippen LogP contribution in [0.5, 0.6) is 5.75 Å². The van der Waals surface area contributed by atoms with E-state index in [0.717, 1.165) is 20.1 Å². The number of hydrogen-bond acceptors (Lipinski definition) is 5. The maximum Gasteiger partial charge on any atom is 0.265 e. The van der Waals surface area contributed by atoms with Gasteiger partial charge in [0.25, 0.3) is 5.91 Å². The maximum absolute atomic E-state index is 12.4. The van der Waals surface area contributed by atoms with Gasteiger partial charge in [0.2, 0.25) is 0 Å². The number of nitrogens with zero attached hydrogens (tertiary/aromatic N) is 1. The number of hydrogen-bond donors (Lipinski definition) is 2. The van der Waals surface area contributed by atoms with Crippen LogP contribution in [0.3, 0.4) is 0 Å². The van der Waals surface area contributed by atoms with E-state index in [1.807, 2.05) is 30.3 Å². The summed E-state index contributed by atoms with van der Waals surface area (Å²) in [4.78, 5) is 18.5. The van der Waals surface area contributed by atoms with Gasteiger partial charge in [-0.15, -0.1) is 22.7 Å². The predicted octanol–water partition coefficient (Wildman–Crippen LogP) is 4.98. The minimum atomic E-state index is -0.242. The highest BCUT2D eigenvalue weighted by molar-refractivity contribution is 7.26. The lowest BCUT2D eigenvalue weighted by atomic mass is 10.3. The Morgan fingerprint density at radius 2 is 1.75 bits per heavy atom. The van der Waals surface area contributed by atoms with Crippen molar-refractivity contribution in [2.24, 2.45) is 0 Å². The standard InChI is InChI=1S/C18H12N2O2S2/c21-13-7-3-1-5-11(13)19-17(22)15-9-10-16(23-15)18-20-12-6-2-4-8-14(12)24-18/h1-10,21H,(H,19,22). The van der Waals surface area contributed by atoms with Crippen molar-refractivity contribution in [1.29, 1.82) is 0 Å². The summed E-state index contributed by atoms with van der Waals surface area (Å²) < 4.78 is 1.13. The van der Waals surface area contributed by atoms with E-state index in [9.17, 15) is 9.90 Å².